The van der Waals surface area contributed by atoms with Crippen molar-refractivity contribution in [2.24, 2.45) is 11.8 Å². The summed E-state index contributed by atoms with van der Waals surface area (Å²) in [7, 11) is 0. The number of carboxylic acid groups (broad SMARTS) is 1. The predicted molar refractivity (Wildman–Crippen MR) is 85.7 cm³/mol. The summed E-state index contributed by atoms with van der Waals surface area (Å²) in [6.45, 7) is 5.50. The molecule has 1 fully saturated rings. The SMILES string of the molecule is CC(C)C1CCCC(N2CCc3sccc3C2C(=O)O)C1. The quantitative estimate of drug-likeness (QED) is 0.919. The molecule has 1 aromatic rings. The third kappa shape index (κ3) is 2.88. The third-order valence-electron chi connectivity index (χ3n) is 5.34. The summed E-state index contributed by atoms with van der Waals surface area (Å²) >= 11 is 1.71. The average molecular weight is 307 g/mol. The van der Waals surface area contributed by atoms with Crippen LogP contribution in [-0.2, 0) is 11.2 Å². The molecule has 3 unspecified atom stereocenters. The molecule has 116 valence electrons. The van der Waals surface area contributed by atoms with Crippen LogP contribution in [0.1, 0.15) is 56.0 Å². The van der Waals surface area contributed by atoms with Crippen molar-refractivity contribution in [1.29, 1.82) is 0 Å². The Morgan fingerprint density at radius 3 is 2.95 bits per heavy atom. The minimum atomic E-state index is -0.680. The van der Waals surface area contributed by atoms with Crippen molar-refractivity contribution < 1.29 is 9.90 Å². The van der Waals surface area contributed by atoms with E-state index in [1.165, 1.54) is 24.1 Å². The van der Waals surface area contributed by atoms with Gasteiger partial charge in [0.25, 0.3) is 0 Å². The Morgan fingerprint density at radius 2 is 2.24 bits per heavy atom. The van der Waals surface area contributed by atoms with Crippen LogP contribution in [0.2, 0.25) is 0 Å². The molecule has 1 aromatic heterocycles. The first-order chi connectivity index (χ1) is 10.1. The van der Waals surface area contributed by atoms with E-state index in [0.29, 0.717) is 12.0 Å². The Kier molecular flexibility index (Phi) is 4.36. The van der Waals surface area contributed by atoms with Gasteiger partial charge in [0.2, 0.25) is 0 Å². The van der Waals surface area contributed by atoms with Gasteiger partial charge in [0.05, 0.1) is 0 Å². The van der Waals surface area contributed by atoms with E-state index in [9.17, 15) is 9.90 Å². The maximum absolute atomic E-state index is 11.8. The van der Waals surface area contributed by atoms with Gasteiger partial charge < -0.3 is 5.11 Å². The van der Waals surface area contributed by atoms with Crippen molar-refractivity contribution in [2.75, 3.05) is 6.54 Å². The second-order valence-corrected chi connectivity index (χ2v) is 7.85. The first-order valence-electron chi connectivity index (χ1n) is 8.12. The second-order valence-electron chi connectivity index (χ2n) is 6.85. The summed E-state index contributed by atoms with van der Waals surface area (Å²) in [5.41, 5.74) is 1.05. The van der Waals surface area contributed by atoms with Crippen LogP contribution in [0.25, 0.3) is 0 Å². The van der Waals surface area contributed by atoms with Gasteiger partial charge in [-0.25, -0.2) is 0 Å². The van der Waals surface area contributed by atoms with Gasteiger partial charge in [0.1, 0.15) is 6.04 Å². The number of carboxylic acids is 1. The maximum atomic E-state index is 11.8. The highest BCUT2D eigenvalue weighted by atomic mass is 32.1. The second kappa shape index (κ2) is 6.09. The predicted octanol–water partition coefficient (Wildman–Crippen LogP) is 3.95. The third-order valence-corrected chi connectivity index (χ3v) is 6.33. The number of aliphatic carboxylic acids is 1. The summed E-state index contributed by atoms with van der Waals surface area (Å²) < 4.78 is 0. The van der Waals surface area contributed by atoms with Gasteiger partial charge in [-0.15, -0.1) is 11.3 Å². The van der Waals surface area contributed by atoms with Crippen LogP contribution in [-0.4, -0.2) is 28.6 Å². The van der Waals surface area contributed by atoms with Crippen molar-refractivity contribution in [3.05, 3.63) is 21.9 Å². The Balaban J connectivity index is 1.82. The summed E-state index contributed by atoms with van der Waals surface area (Å²) in [5, 5.41) is 11.8. The minimum Gasteiger partial charge on any atom is -0.480 e. The molecule has 0 radical (unpaired) electrons. The van der Waals surface area contributed by atoms with Crippen molar-refractivity contribution >= 4 is 17.3 Å². The van der Waals surface area contributed by atoms with Gasteiger partial charge in [-0.05, 0) is 48.1 Å². The average Bonchev–Trinajstić information content (AvgIpc) is 2.94. The highest BCUT2D eigenvalue weighted by Gasteiger charge is 2.39. The van der Waals surface area contributed by atoms with E-state index in [0.717, 1.165) is 30.9 Å². The Bertz CT molecular complexity index is 511. The molecule has 2 aliphatic rings. The van der Waals surface area contributed by atoms with Crippen molar-refractivity contribution in [3.8, 4) is 0 Å². The fraction of sp³-hybridized carbons (Fsp3) is 0.706. The molecular weight excluding hydrogens is 282 g/mol. The summed E-state index contributed by atoms with van der Waals surface area (Å²) in [6.07, 6.45) is 5.89. The zero-order chi connectivity index (χ0) is 15.0. The fourth-order valence-electron chi connectivity index (χ4n) is 4.11. The lowest BCUT2D eigenvalue weighted by molar-refractivity contribution is -0.145. The molecule has 1 aliphatic carbocycles. The van der Waals surface area contributed by atoms with E-state index in [2.05, 4.69) is 18.7 Å². The van der Waals surface area contributed by atoms with Crippen LogP contribution in [0, 0.1) is 11.8 Å². The Hall–Kier alpha value is -0.870. The molecule has 4 heteroatoms. The van der Waals surface area contributed by atoms with Crippen molar-refractivity contribution in [3.63, 3.8) is 0 Å². The molecule has 0 bridgehead atoms. The normalized spacial score (nSPS) is 30.3. The van der Waals surface area contributed by atoms with Crippen LogP contribution < -0.4 is 0 Å². The highest BCUT2D eigenvalue weighted by molar-refractivity contribution is 7.10. The molecule has 1 N–H and O–H groups in total. The maximum Gasteiger partial charge on any atom is 0.325 e. The smallest absolute Gasteiger partial charge is 0.325 e. The lowest BCUT2D eigenvalue weighted by Crippen LogP contribution is -2.47. The highest BCUT2D eigenvalue weighted by Crippen LogP contribution is 2.40. The first kappa shape index (κ1) is 15.0. The standard InChI is InChI=1S/C17H25NO2S/c1-11(2)12-4-3-5-13(10-12)18-8-6-15-14(7-9-21-15)16(18)17(19)20/h7,9,11-13,16H,3-6,8,10H2,1-2H3,(H,19,20). The molecular formula is C17H25NO2S. The van der Waals surface area contributed by atoms with Crippen molar-refractivity contribution in [2.45, 2.75) is 58.0 Å². The first-order valence-corrected chi connectivity index (χ1v) is 9.00. The molecule has 3 atom stereocenters. The van der Waals surface area contributed by atoms with Gasteiger partial charge in [0, 0.05) is 17.5 Å². The van der Waals surface area contributed by atoms with Crippen LogP contribution >= 0.6 is 11.3 Å². The lowest BCUT2D eigenvalue weighted by Gasteiger charge is -2.43. The van der Waals surface area contributed by atoms with Gasteiger partial charge in [-0.1, -0.05) is 26.7 Å². The molecule has 0 spiro atoms. The molecule has 0 saturated heterocycles. The summed E-state index contributed by atoms with van der Waals surface area (Å²) in [6, 6.07) is 2.05. The molecule has 0 aromatic carbocycles. The van der Waals surface area contributed by atoms with Crippen LogP contribution in [0.15, 0.2) is 11.4 Å². The Labute approximate surface area is 131 Å². The van der Waals surface area contributed by atoms with E-state index in [4.69, 9.17) is 0 Å². The number of hydrogen-bond acceptors (Lipinski definition) is 3. The largest absolute Gasteiger partial charge is 0.480 e. The van der Waals surface area contributed by atoms with E-state index < -0.39 is 12.0 Å². The Morgan fingerprint density at radius 1 is 1.43 bits per heavy atom. The summed E-state index contributed by atoms with van der Waals surface area (Å²) in [5.74, 6) is 0.778. The van der Waals surface area contributed by atoms with Gasteiger partial charge in [-0.2, -0.15) is 0 Å². The van der Waals surface area contributed by atoms with E-state index >= 15 is 0 Å². The molecule has 2 heterocycles. The zero-order valence-electron chi connectivity index (χ0n) is 12.9. The molecule has 3 nitrogen and oxygen atoms in total. The minimum absolute atomic E-state index is 0.420. The van der Waals surface area contributed by atoms with Gasteiger partial charge in [-0.3, -0.25) is 9.69 Å². The van der Waals surface area contributed by atoms with Gasteiger partial charge >= 0.3 is 5.97 Å². The number of carbonyl (C=O) groups is 1. The number of nitrogens with zero attached hydrogens (tertiary/aromatic N) is 1. The van der Waals surface area contributed by atoms with E-state index in [1.54, 1.807) is 11.3 Å². The fourth-order valence-corrected chi connectivity index (χ4v) is 5.02. The molecule has 3 rings (SSSR count). The number of rotatable bonds is 3. The van der Waals surface area contributed by atoms with Gasteiger partial charge in [0.15, 0.2) is 0 Å². The van der Waals surface area contributed by atoms with E-state index in [1.807, 2.05) is 11.4 Å². The number of fused-ring (bicyclic) bond motifs is 1. The van der Waals surface area contributed by atoms with Crippen molar-refractivity contribution in [1.82, 2.24) is 4.90 Å². The summed E-state index contributed by atoms with van der Waals surface area (Å²) in [4.78, 5) is 15.4. The molecule has 1 aliphatic heterocycles. The van der Waals surface area contributed by atoms with Crippen LogP contribution in [0.5, 0.6) is 0 Å². The monoisotopic (exact) mass is 307 g/mol. The molecule has 1 saturated carbocycles. The lowest BCUT2D eigenvalue weighted by atomic mass is 9.78. The number of thiophene rings is 1. The van der Waals surface area contributed by atoms with E-state index in [-0.39, 0.29) is 0 Å². The number of hydrogen-bond donors (Lipinski definition) is 1. The van der Waals surface area contributed by atoms with Crippen LogP contribution in [0.4, 0.5) is 0 Å². The zero-order valence-corrected chi connectivity index (χ0v) is 13.7. The molecule has 0 amide bonds. The topological polar surface area (TPSA) is 40.5 Å². The molecule has 21 heavy (non-hydrogen) atoms. The van der Waals surface area contributed by atoms with Crippen LogP contribution in [0.3, 0.4) is 0 Å².